The van der Waals surface area contributed by atoms with Crippen LogP contribution in [-0.2, 0) is 17.4 Å². The van der Waals surface area contributed by atoms with Crippen LogP contribution < -0.4 is 10.6 Å². The van der Waals surface area contributed by atoms with Gasteiger partial charge in [-0.25, -0.2) is 0 Å². The maximum Gasteiger partial charge on any atom is 0.418 e. The number of anilines is 1. The van der Waals surface area contributed by atoms with E-state index in [0.29, 0.717) is 13.1 Å². The Morgan fingerprint density at radius 3 is 2.57 bits per heavy atom. The molecule has 2 aromatic carbocycles. The van der Waals surface area contributed by atoms with Crippen LogP contribution in [0.3, 0.4) is 0 Å². The summed E-state index contributed by atoms with van der Waals surface area (Å²) in [5.74, 6) is -0.450. The van der Waals surface area contributed by atoms with Gasteiger partial charge in [-0.2, -0.15) is 13.2 Å². The summed E-state index contributed by atoms with van der Waals surface area (Å²) in [6.45, 7) is 4.20. The van der Waals surface area contributed by atoms with Crippen molar-refractivity contribution in [3.63, 3.8) is 0 Å². The molecule has 1 unspecified atom stereocenters. The third kappa shape index (κ3) is 4.91. The Morgan fingerprint density at radius 2 is 1.89 bits per heavy atom. The van der Waals surface area contributed by atoms with Crippen LogP contribution >= 0.6 is 0 Å². The molecular formula is C21H24F3N3O. The second kappa shape index (κ2) is 8.75. The van der Waals surface area contributed by atoms with Gasteiger partial charge in [0.15, 0.2) is 0 Å². The fraction of sp³-hybridized carbons (Fsp3) is 0.381. The first-order valence-electron chi connectivity index (χ1n) is 9.38. The maximum atomic E-state index is 13.1. The highest BCUT2D eigenvalue weighted by Gasteiger charge is 2.34. The average molecular weight is 391 g/mol. The predicted octanol–water partition coefficient (Wildman–Crippen LogP) is 3.85. The van der Waals surface area contributed by atoms with Gasteiger partial charge in [0.05, 0.1) is 17.8 Å². The molecule has 28 heavy (non-hydrogen) atoms. The van der Waals surface area contributed by atoms with E-state index in [9.17, 15) is 18.0 Å². The van der Waals surface area contributed by atoms with Gasteiger partial charge in [-0.1, -0.05) is 43.3 Å². The molecule has 2 aromatic rings. The molecule has 1 aliphatic heterocycles. The average Bonchev–Trinajstić information content (AvgIpc) is 2.68. The lowest BCUT2D eigenvalue weighted by Gasteiger charge is -2.36. The number of rotatable bonds is 5. The third-order valence-corrected chi connectivity index (χ3v) is 4.98. The number of piperazine rings is 1. The molecule has 1 fully saturated rings. The van der Waals surface area contributed by atoms with Gasteiger partial charge in [-0.3, -0.25) is 9.69 Å². The minimum atomic E-state index is -4.51. The van der Waals surface area contributed by atoms with Crippen LogP contribution in [0.15, 0.2) is 48.5 Å². The number of hydrogen-bond acceptors (Lipinski definition) is 3. The second-order valence-electron chi connectivity index (χ2n) is 6.88. The SMILES string of the molecule is CCc1ccc(C2CNCCN2CC(=O)Nc2ccccc2C(F)(F)F)cc1. The molecule has 1 amide bonds. The van der Waals surface area contributed by atoms with Crippen molar-refractivity contribution in [2.45, 2.75) is 25.6 Å². The lowest BCUT2D eigenvalue weighted by Crippen LogP contribution is -2.48. The fourth-order valence-corrected chi connectivity index (χ4v) is 3.45. The van der Waals surface area contributed by atoms with Crippen molar-refractivity contribution in [1.82, 2.24) is 10.2 Å². The van der Waals surface area contributed by atoms with Crippen molar-refractivity contribution in [2.24, 2.45) is 0 Å². The number of carbonyl (C=O) groups is 1. The zero-order chi connectivity index (χ0) is 20.1. The van der Waals surface area contributed by atoms with E-state index < -0.39 is 17.6 Å². The highest BCUT2D eigenvalue weighted by atomic mass is 19.4. The standard InChI is InChI=1S/C21H24F3N3O/c1-2-15-7-9-16(10-8-15)19-13-25-11-12-27(19)14-20(28)26-18-6-4-3-5-17(18)21(22,23)24/h3-10,19,25H,2,11-14H2,1H3,(H,26,28). The zero-order valence-electron chi connectivity index (χ0n) is 15.7. The lowest BCUT2D eigenvalue weighted by atomic mass is 10.0. The third-order valence-electron chi connectivity index (χ3n) is 4.98. The van der Waals surface area contributed by atoms with E-state index in [1.165, 1.54) is 23.8 Å². The van der Waals surface area contributed by atoms with Gasteiger partial charge in [0.2, 0.25) is 5.91 Å². The lowest BCUT2D eigenvalue weighted by molar-refractivity contribution is -0.137. The normalized spacial score (nSPS) is 18.1. The van der Waals surface area contributed by atoms with E-state index in [-0.39, 0.29) is 18.3 Å². The summed E-state index contributed by atoms with van der Waals surface area (Å²) >= 11 is 0. The summed E-state index contributed by atoms with van der Waals surface area (Å²) in [7, 11) is 0. The molecule has 0 saturated carbocycles. The zero-order valence-corrected chi connectivity index (χ0v) is 15.7. The molecule has 4 nitrogen and oxygen atoms in total. The Kier molecular flexibility index (Phi) is 6.36. The number of halogens is 3. The largest absolute Gasteiger partial charge is 0.418 e. The second-order valence-corrected chi connectivity index (χ2v) is 6.88. The molecule has 0 aromatic heterocycles. The molecule has 7 heteroatoms. The van der Waals surface area contributed by atoms with Crippen LogP contribution in [0.1, 0.15) is 29.7 Å². The van der Waals surface area contributed by atoms with E-state index in [0.717, 1.165) is 24.6 Å². The van der Waals surface area contributed by atoms with E-state index in [1.54, 1.807) is 0 Å². The fourth-order valence-electron chi connectivity index (χ4n) is 3.45. The first-order valence-corrected chi connectivity index (χ1v) is 9.38. The van der Waals surface area contributed by atoms with Crippen LogP contribution in [0, 0.1) is 0 Å². The number of benzene rings is 2. The monoisotopic (exact) mass is 391 g/mol. The van der Waals surface area contributed by atoms with Crippen LogP contribution in [0.4, 0.5) is 18.9 Å². The summed E-state index contributed by atoms with van der Waals surface area (Å²) in [4.78, 5) is 14.5. The van der Waals surface area contributed by atoms with Crippen molar-refractivity contribution < 1.29 is 18.0 Å². The van der Waals surface area contributed by atoms with Crippen LogP contribution in [0.2, 0.25) is 0 Å². The van der Waals surface area contributed by atoms with Crippen LogP contribution in [-0.4, -0.2) is 37.0 Å². The first kappa shape index (κ1) is 20.4. The molecular weight excluding hydrogens is 367 g/mol. The highest BCUT2D eigenvalue weighted by molar-refractivity contribution is 5.93. The highest BCUT2D eigenvalue weighted by Crippen LogP contribution is 2.34. The molecule has 150 valence electrons. The van der Waals surface area contributed by atoms with Gasteiger partial charge >= 0.3 is 6.18 Å². The summed E-state index contributed by atoms with van der Waals surface area (Å²) in [6.07, 6.45) is -3.56. The maximum absolute atomic E-state index is 13.1. The molecule has 1 aliphatic rings. The van der Waals surface area contributed by atoms with Crippen molar-refractivity contribution in [1.29, 1.82) is 0 Å². The van der Waals surface area contributed by atoms with Gasteiger partial charge < -0.3 is 10.6 Å². The smallest absolute Gasteiger partial charge is 0.324 e. The van der Waals surface area contributed by atoms with E-state index in [1.807, 2.05) is 4.90 Å². The summed E-state index contributed by atoms with van der Waals surface area (Å²) in [5.41, 5.74) is 1.28. The van der Waals surface area contributed by atoms with Gasteiger partial charge in [0.1, 0.15) is 0 Å². The Hall–Kier alpha value is -2.38. The minimum Gasteiger partial charge on any atom is -0.324 e. The Labute approximate surface area is 162 Å². The van der Waals surface area contributed by atoms with Crippen molar-refractivity contribution >= 4 is 11.6 Å². The quantitative estimate of drug-likeness (QED) is 0.814. The Balaban J connectivity index is 1.71. The molecule has 0 radical (unpaired) electrons. The van der Waals surface area contributed by atoms with Crippen molar-refractivity contribution in [3.05, 3.63) is 65.2 Å². The molecule has 1 atom stereocenters. The topological polar surface area (TPSA) is 44.4 Å². The Bertz CT molecular complexity index is 805. The van der Waals surface area contributed by atoms with Gasteiger partial charge in [0.25, 0.3) is 0 Å². The number of carbonyl (C=O) groups excluding carboxylic acids is 1. The van der Waals surface area contributed by atoms with E-state index in [4.69, 9.17) is 0 Å². The van der Waals surface area contributed by atoms with Crippen molar-refractivity contribution in [3.8, 4) is 0 Å². The molecule has 0 spiro atoms. The number of hydrogen-bond donors (Lipinski definition) is 2. The van der Waals surface area contributed by atoms with Gasteiger partial charge in [-0.15, -0.1) is 0 Å². The summed E-state index contributed by atoms with van der Waals surface area (Å²) in [6, 6.07) is 13.3. The number of para-hydroxylation sites is 1. The number of alkyl halides is 3. The van der Waals surface area contributed by atoms with Crippen molar-refractivity contribution in [2.75, 3.05) is 31.5 Å². The van der Waals surface area contributed by atoms with Gasteiger partial charge in [0, 0.05) is 25.7 Å². The minimum absolute atomic E-state index is 0.00302. The van der Waals surface area contributed by atoms with Gasteiger partial charge in [-0.05, 0) is 29.7 Å². The number of nitrogens with one attached hydrogen (secondary N) is 2. The number of amides is 1. The molecule has 2 N–H and O–H groups in total. The molecule has 1 heterocycles. The molecule has 0 bridgehead atoms. The van der Waals surface area contributed by atoms with E-state index >= 15 is 0 Å². The molecule has 0 aliphatic carbocycles. The number of aryl methyl sites for hydroxylation is 1. The van der Waals surface area contributed by atoms with Crippen LogP contribution in [0.5, 0.6) is 0 Å². The number of nitrogens with zero attached hydrogens (tertiary/aromatic N) is 1. The molecule has 3 rings (SSSR count). The van der Waals surface area contributed by atoms with Crippen LogP contribution in [0.25, 0.3) is 0 Å². The first-order chi connectivity index (χ1) is 13.4. The van der Waals surface area contributed by atoms with E-state index in [2.05, 4.69) is 41.8 Å². The molecule has 1 saturated heterocycles. The predicted molar refractivity (Wildman–Crippen MR) is 103 cm³/mol. The summed E-state index contributed by atoms with van der Waals surface area (Å²) < 4.78 is 39.4. The summed E-state index contributed by atoms with van der Waals surface area (Å²) in [5, 5.41) is 5.76. The Morgan fingerprint density at radius 1 is 1.18 bits per heavy atom.